The van der Waals surface area contributed by atoms with Gasteiger partial charge in [0.1, 0.15) is 0 Å². The van der Waals surface area contributed by atoms with Crippen LogP contribution in [0.4, 0.5) is 0 Å². The summed E-state index contributed by atoms with van der Waals surface area (Å²) in [6, 6.07) is 17.5. The highest BCUT2D eigenvalue weighted by molar-refractivity contribution is 7.27. The van der Waals surface area contributed by atoms with Gasteiger partial charge >= 0.3 is 0 Å². The van der Waals surface area contributed by atoms with Gasteiger partial charge in [0.25, 0.3) is 0 Å². The molecule has 2 unspecified atom stereocenters. The summed E-state index contributed by atoms with van der Waals surface area (Å²) in [6.45, 7) is 9.03. The van der Waals surface area contributed by atoms with Gasteiger partial charge in [-0.3, -0.25) is 9.97 Å². The third-order valence-electron chi connectivity index (χ3n) is 6.99. The molecule has 2 nitrogen and oxygen atoms in total. The Hall–Kier alpha value is -2.05. The third-order valence-corrected chi connectivity index (χ3v) is 7.53. The van der Waals surface area contributed by atoms with E-state index in [4.69, 9.17) is 0 Å². The van der Waals surface area contributed by atoms with E-state index in [9.17, 15) is 0 Å². The lowest BCUT2D eigenvalue weighted by Crippen LogP contribution is -2.04. The largest absolute Gasteiger partial charge is 0.261 e. The molecule has 0 aliphatic rings. The molecule has 0 aliphatic carbocycles. The van der Waals surface area contributed by atoms with E-state index in [1.165, 1.54) is 79.8 Å². The van der Waals surface area contributed by atoms with Crippen molar-refractivity contribution in [3.63, 3.8) is 0 Å². The van der Waals surface area contributed by atoms with Crippen molar-refractivity contribution in [3.05, 3.63) is 89.5 Å². The molecule has 0 radical (unpaired) electrons. The van der Waals surface area contributed by atoms with Crippen molar-refractivity contribution in [1.29, 1.82) is 0 Å². The van der Waals surface area contributed by atoms with Crippen molar-refractivity contribution < 1.29 is 1.43 Å². The number of unbranched alkanes of at least 4 members (excludes halogenated alkanes) is 2. The van der Waals surface area contributed by atoms with E-state index in [1.807, 2.05) is 6.20 Å². The molecule has 2 aromatic carbocycles. The highest BCUT2D eigenvalue weighted by Crippen LogP contribution is 2.24. The zero-order chi connectivity index (χ0) is 25.3. The van der Waals surface area contributed by atoms with Crippen LogP contribution in [0.2, 0.25) is 0 Å². The van der Waals surface area contributed by atoms with Crippen LogP contribution in [0.15, 0.2) is 67.1 Å². The van der Waals surface area contributed by atoms with Crippen LogP contribution in [0.5, 0.6) is 0 Å². The molecule has 0 bridgehead atoms. The molecule has 1 heterocycles. The molecule has 0 aliphatic heterocycles. The average Bonchev–Trinajstić information content (AvgIpc) is 2.89. The van der Waals surface area contributed by atoms with E-state index < -0.39 is 0 Å². The molecule has 0 spiro atoms. The van der Waals surface area contributed by atoms with Gasteiger partial charge in [0, 0.05) is 20.0 Å². The van der Waals surface area contributed by atoms with Crippen molar-refractivity contribution in [3.8, 4) is 0 Å². The van der Waals surface area contributed by atoms with Gasteiger partial charge in [-0.2, -0.15) is 0 Å². The fourth-order valence-electron chi connectivity index (χ4n) is 4.71. The van der Waals surface area contributed by atoms with Gasteiger partial charge < -0.3 is 0 Å². The summed E-state index contributed by atoms with van der Waals surface area (Å²) in [5.74, 6) is 1.51. The molecule has 35 heavy (non-hydrogen) atoms. The van der Waals surface area contributed by atoms with E-state index in [2.05, 4.69) is 95.4 Å². The first-order valence-corrected chi connectivity index (χ1v) is 14.3. The van der Waals surface area contributed by atoms with Gasteiger partial charge in [-0.1, -0.05) is 113 Å². The van der Waals surface area contributed by atoms with Crippen LogP contribution < -0.4 is 5.30 Å². The Labute approximate surface area is 219 Å². The summed E-state index contributed by atoms with van der Waals surface area (Å²) in [7, 11) is 2.87. The monoisotopic (exact) mass is 492 g/mol. The minimum absolute atomic E-state index is 0. The van der Waals surface area contributed by atoms with Crippen molar-refractivity contribution in [1.82, 2.24) is 9.97 Å². The molecule has 0 saturated carbocycles. The summed E-state index contributed by atoms with van der Waals surface area (Å²) in [5, 5.41) is 1.38. The number of hydrogen-bond donors (Lipinski definition) is 0. The molecule has 3 aromatic rings. The van der Waals surface area contributed by atoms with E-state index >= 15 is 0 Å². The lowest BCUT2D eigenvalue weighted by atomic mass is 9.90. The molecular formula is C32H49N2P. The average molecular weight is 493 g/mol. The van der Waals surface area contributed by atoms with Crippen LogP contribution in [-0.2, 0) is 12.8 Å². The Morgan fingerprint density at radius 1 is 0.886 bits per heavy atom. The van der Waals surface area contributed by atoms with Gasteiger partial charge in [0.2, 0.25) is 0 Å². The maximum absolute atomic E-state index is 4.36. The fraction of sp³-hybridized carbons (Fsp3) is 0.500. The molecule has 0 amide bonds. The number of rotatable bonds is 13. The molecule has 3 rings (SSSR count). The Bertz CT molecular complexity index is 929. The summed E-state index contributed by atoms with van der Waals surface area (Å²) >= 11 is 0. The van der Waals surface area contributed by atoms with Crippen LogP contribution in [0.25, 0.3) is 0 Å². The van der Waals surface area contributed by atoms with Crippen LogP contribution in [-0.4, -0.2) is 9.97 Å². The minimum atomic E-state index is 0. The minimum Gasteiger partial charge on any atom is -0.261 e. The predicted octanol–water partition coefficient (Wildman–Crippen LogP) is 8.88. The molecule has 0 N–H and O–H groups in total. The Kier molecular flexibility index (Phi) is 14.5. The molecule has 3 heteroatoms. The van der Waals surface area contributed by atoms with Crippen LogP contribution >= 0.6 is 9.24 Å². The highest BCUT2D eigenvalue weighted by Gasteiger charge is 2.11. The molecule has 0 fully saturated rings. The number of nitrogens with zero attached hydrogens (tertiary/aromatic N) is 2. The molecular weight excluding hydrogens is 443 g/mol. The summed E-state index contributed by atoms with van der Waals surface area (Å²) < 4.78 is 0. The number of aromatic nitrogens is 2. The maximum Gasteiger partial charge on any atom is 0.0592 e. The first kappa shape index (κ1) is 29.2. The smallest absolute Gasteiger partial charge is 0.0592 e. The molecule has 0 saturated heterocycles. The van der Waals surface area contributed by atoms with Crippen molar-refractivity contribution in [2.24, 2.45) is 5.92 Å². The normalized spacial score (nSPS) is 11.7. The summed E-state index contributed by atoms with van der Waals surface area (Å²) in [6.07, 6.45) is 18.2. The van der Waals surface area contributed by atoms with Crippen molar-refractivity contribution in [2.75, 3.05) is 0 Å². The van der Waals surface area contributed by atoms with E-state index in [1.54, 1.807) is 12.4 Å². The number of aryl methyl sites for hydroxylation is 2. The standard InChI is InChI=1S/C17H29P.C15H18N2.H2/c1-4-15(5-2)9-7-6-8-10-16-12-11-14(3)13-17(16)18;1-2-6-14(13-7-4-3-5-8-13)11-15-12-16-9-10-17-15;/h11-13,15H,4-10,18H2,1-3H3;3-5,7-10,12,14H,2,6,11H2,1H3;1H. The first-order valence-electron chi connectivity index (χ1n) is 13.7. The number of benzene rings is 2. The van der Waals surface area contributed by atoms with E-state index in [-0.39, 0.29) is 1.43 Å². The second kappa shape index (κ2) is 17.4. The molecule has 1 aromatic heterocycles. The zero-order valence-electron chi connectivity index (χ0n) is 22.5. The van der Waals surface area contributed by atoms with Gasteiger partial charge in [-0.15, -0.1) is 9.24 Å². The summed E-state index contributed by atoms with van der Waals surface area (Å²) in [4.78, 5) is 8.49. The van der Waals surface area contributed by atoms with E-state index in [0.29, 0.717) is 5.92 Å². The second-order valence-electron chi connectivity index (χ2n) is 9.78. The SMILES string of the molecule is CCC(CC)CCCCCc1ccc(C)cc1P.CCCC(Cc1cnccn1)c1ccccc1.[HH]. The van der Waals surface area contributed by atoms with Crippen LogP contribution in [0.3, 0.4) is 0 Å². The Balaban J connectivity index is 0.000000351. The molecule has 2 atom stereocenters. The van der Waals surface area contributed by atoms with Crippen LogP contribution in [0.1, 0.15) is 102 Å². The maximum atomic E-state index is 4.36. The fourth-order valence-corrected chi connectivity index (χ4v) is 5.22. The van der Waals surface area contributed by atoms with E-state index in [0.717, 1.165) is 18.0 Å². The predicted molar refractivity (Wildman–Crippen MR) is 159 cm³/mol. The summed E-state index contributed by atoms with van der Waals surface area (Å²) in [5.41, 5.74) is 5.35. The van der Waals surface area contributed by atoms with Gasteiger partial charge in [0.05, 0.1) is 5.69 Å². The lowest BCUT2D eigenvalue weighted by molar-refractivity contribution is 0.430. The Morgan fingerprint density at radius 2 is 1.66 bits per heavy atom. The third kappa shape index (κ3) is 11.5. The highest BCUT2D eigenvalue weighted by atomic mass is 31.0. The number of hydrogen-bond acceptors (Lipinski definition) is 2. The first-order chi connectivity index (χ1) is 17.1. The second-order valence-corrected chi connectivity index (χ2v) is 10.4. The quantitative estimate of drug-likeness (QED) is 0.176. The zero-order valence-corrected chi connectivity index (χ0v) is 23.7. The Morgan fingerprint density at radius 3 is 2.29 bits per heavy atom. The van der Waals surface area contributed by atoms with Gasteiger partial charge in [-0.05, 0) is 60.9 Å². The van der Waals surface area contributed by atoms with Gasteiger partial charge in [-0.25, -0.2) is 0 Å². The van der Waals surface area contributed by atoms with Gasteiger partial charge in [0.15, 0.2) is 0 Å². The molecule has 192 valence electrons. The van der Waals surface area contributed by atoms with Crippen molar-refractivity contribution >= 4 is 14.5 Å². The topological polar surface area (TPSA) is 25.8 Å². The lowest BCUT2D eigenvalue weighted by Gasteiger charge is -2.15. The van der Waals surface area contributed by atoms with Crippen LogP contribution in [0, 0.1) is 12.8 Å². The van der Waals surface area contributed by atoms with Crippen molar-refractivity contribution in [2.45, 2.75) is 97.8 Å².